The fourth-order valence-corrected chi connectivity index (χ4v) is 1.38. The Labute approximate surface area is 78.8 Å². The smallest absolute Gasteiger partial charge is 0.0757 e. The summed E-state index contributed by atoms with van der Waals surface area (Å²) in [5.41, 5.74) is 0.993. The van der Waals surface area contributed by atoms with Crippen molar-refractivity contribution < 1.29 is 0 Å². The van der Waals surface area contributed by atoms with E-state index in [1.165, 1.54) is 12.8 Å². The second-order valence-corrected chi connectivity index (χ2v) is 3.39. The zero-order valence-corrected chi connectivity index (χ0v) is 8.09. The third-order valence-corrected chi connectivity index (χ3v) is 2.26. The number of hydrogen-bond donors (Lipinski definition) is 0. The third-order valence-electron chi connectivity index (χ3n) is 1.82. The molecule has 1 aromatic heterocycles. The van der Waals surface area contributed by atoms with E-state index in [1.54, 1.807) is 6.20 Å². The summed E-state index contributed by atoms with van der Waals surface area (Å²) < 4.78 is 0. The number of hydrogen-bond acceptors (Lipinski definition) is 1. The summed E-state index contributed by atoms with van der Waals surface area (Å²) >= 11 is 6.12. The highest BCUT2D eigenvalue weighted by molar-refractivity contribution is 6.20. The molecule has 0 aliphatic heterocycles. The fraction of sp³-hybridized carbons (Fsp3) is 0.500. The zero-order chi connectivity index (χ0) is 8.81. The standard InChI is InChI=1S/C10H14ClN/c1-2-3-6-9(11)10-7-4-5-8-12-10/h4-5,7-9H,2-3,6H2,1H3. The Morgan fingerprint density at radius 3 is 2.92 bits per heavy atom. The van der Waals surface area contributed by atoms with Crippen molar-refractivity contribution in [2.45, 2.75) is 31.6 Å². The molecule has 0 spiro atoms. The summed E-state index contributed by atoms with van der Waals surface area (Å²) in [6, 6.07) is 5.86. The molecule has 0 amide bonds. The van der Waals surface area contributed by atoms with Crippen molar-refractivity contribution in [3.05, 3.63) is 30.1 Å². The number of alkyl halides is 1. The maximum Gasteiger partial charge on any atom is 0.0757 e. The molecule has 0 fully saturated rings. The summed E-state index contributed by atoms with van der Waals surface area (Å²) in [5, 5.41) is 0.0890. The lowest BCUT2D eigenvalue weighted by atomic mass is 10.1. The summed E-state index contributed by atoms with van der Waals surface area (Å²) in [5.74, 6) is 0. The molecule has 1 atom stereocenters. The van der Waals surface area contributed by atoms with Crippen LogP contribution in [-0.4, -0.2) is 4.98 Å². The van der Waals surface area contributed by atoms with Crippen molar-refractivity contribution in [1.82, 2.24) is 4.98 Å². The van der Waals surface area contributed by atoms with Crippen LogP contribution in [0.4, 0.5) is 0 Å². The SMILES string of the molecule is CCCCC(Cl)c1ccccn1. The zero-order valence-electron chi connectivity index (χ0n) is 7.33. The van der Waals surface area contributed by atoms with E-state index >= 15 is 0 Å². The van der Waals surface area contributed by atoms with E-state index in [4.69, 9.17) is 11.6 Å². The van der Waals surface area contributed by atoms with Crippen molar-refractivity contribution >= 4 is 11.6 Å². The number of rotatable bonds is 4. The van der Waals surface area contributed by atoms with Gasteiger partial charge in [-0.1, -0.05) is 25.8 Å². The van der Waals surface area contributed by atoms with Gasteiger partial charge in [0.25, 0.3) is 0 Å². The van der Waals surface area contributed by atoms with Gasteiger partial charge in [-0.2, -0.15) is 0 Å². The first-order valence-corrected chi connectivity index (χ1v) is 4.83. The average Bonchev–Trinajstić information content (AvgIpc) is 2.15. The van der Waals surface area contributed by atoms with Gasteiger partial charge in [0.15, 0.2) is 0 Å². The van der Waals surface area contributed by atoms with Crippen molar-refractivity contribution in [3.63, 3.8) is 0 Å². The van der Waals surface area contributed by atoms with E-state index < -0.39 is 0 Å². The van der Waals surface area contributed by atoms with E-state index in [9.17, 15) is 0 Å². The van der Waals surface area contributed by atoms with Crippen molar-refractivity contribution in [2.24, 2.45) is 0 Å². The van der Waals surface area contributed by atoms with Gasteiger partial charge < -0.3 is 0 Å². The molecule has 1 unspecified atom stereocenters. The lowest BCUT2D eigenvalue weighted by Gasteiger charge is -2.06. The maximum atomic E-state index is 6.12. The molecule has 0 N–H and O–H groups in total. The molecule has 2 heteroatoms. The molecule has 0 aliphatic carbocycles. The first kappa shape index (κ1) is 9.53. The Bertz CT molecular complexity index is 210. The highest BCUT2D eigenvalue weighted by atomic mass is 35.5. The summed E-state index contributed by atoms with van der Waals surface area (Å²) in [6.45, 7) is 2.17. The Morgan fingerprint density at radius 2 is 2.33 bits per heavy atom. The number of aromatic nitrogens is 1. The van der Waals surface area contributed by atoms with Crippen LogP contribution in [0.1, 0.15) is 37.3 Å². The summed E-state index contributed by atoms with van der Waals surface area (Å²) in [7, 11) is 0. The number of nitrogens with zero attached hydrogens (tertiary/aromatic N) is 1. The van der Waals surface area contributed by atoms with Crippen molar-refractivity contribution in [3.8, 4) is 0 Å². The quantitative estimate of drug-likeness (QED) is 0.651. The molecular weight excluding hydrogens is 170 g/mol. The minimum atomic E-state index is 0.0890. The molecule has 1 aromatic rings. The molecule has 12 heavy (non-hydrogen) atoms. The second-order valence-electron chi connectivity index (χ2n) is 2.86. The van der Waals surface area contributed by atoms with E-state index in [-0.39, 0.29) is 5.38 Å². The van der Waals surface area contributed by atoms with Crippen molar-refractivity contribution in [2.75, 3.05) is 0 Å². The van der Waals surface area contributed by atoms with Gasteiger partial charge in [-0.25, -0.2) is 0 Å². The molecule has 0 aliphatic rings. The van der Waals surface area contributed by atoms with Crippen LogP contribution in [0.15, 0.2) is 24.4 Å². The molecule has 0 radical (unpaired) electrons. The summed E-state index contributed by atoms with van der Waals surface area (Å²) in [4.78, 5) is 4.20. The predicted molar refractivity (Wildman–Crippen MR) is 52.4 cm³/mol. The Balaban J connectivity index is 2.48. The van der Waals surface area contributed by atoms with Gasteiger partial charge in [-0.15, -0.1) is 11.6 Å². The minimum absolute atomic E-state index is 0.0890. The topological polar surface area (TPSA) is 12.9 Å². The van der Waals surface area contributed by atoms with Crippen LogP contribution in [-0.2, 0) is 0 Å². The molecule has 0 aromatic carbocycles. The van der Waals surface area contributed by atoms with Gasteiger partial charge in [-0.05, 0) is 18.6 Å². The van der Waals surface area contributed by atoms with Gasteiger partial charge in [0.05, 0.1) is 11.1 Å². The maximum absolute atomic E-state index is 6.12. The molecule has 1 heterocycles. The van der Waals surface area contributed by atoms with Crippen LogP contribution in [0, 0.1) is 0 Å². The second kappa shape index (κ2) is 5.15. The monoisotopic (exact) mass is 183 g/mol. The van der Waals surface area contributed by atoms with Gasteiger partial charge in [0, 0.05) is 6.20 Å². The Hall–Kier alpha value is -0.560. The number of unbranched alkanes of at least 4 members (excludes halogenated alkanes) is 1. The molecule has 0 saturated carbocycles. The largest absolute Gasteiger partial charge is 0.260 e. The van der Waals surface area contributed by atoms with Crippen LogP contribution in [0.3, 0.4) is 0 Å². The third kappa shape index (κ3) is 2.82. The minimum Gasteiger partial charge on any atom is -0.260 e. The van der Waals surface area contributed by atoms with Crippen LogP contribution in [0.25, 0.3) is 0 Å². The molecule has 0 saturated heterocycles. The van der Waals surface area contributed by atoms with Crippen LogP contribution < -0.4 is 0 Å². The molecule has 66 valence electrons. The molecule has 0 bridgehead atoms. The van der Waals surface area contributed by atoms with E-state index in [2.05, 4.69) is 11.9 Å². The van der Waals surface area contributed by atoms with Gasteiger partial charge in [-0.3, -0.25) is 4.98 Å². The lowest BCUT2D eigenvalue weighted by Crippen LogP contribution is -1.92. The number of pyridine rings is 1. The van der Waals surface area contributed by atoms with E-state index in [1.807, 2.05) is 18.2 Å². The predicted octanol–water partition coefficient (Wildman–Crippen LogP) is 3.55. The van der Waals surface area contributed by atoms with Gasteiger partial charge in [0.1, 0.15) is 0 Å². The van der Waals surface area contributed by atoms with Crippen LogP contribution in [0.2, 0.25) is 0 Å². The molecule has 1 nitrogen and oxygen atoms in total. The molecule has 1 rings (SSSR count). The first-order chi connectivity index (χ1) is 5.84. The van der Waals surface area contributed by atoms with E-state index in [0.29, 0.717) is 0 Å². The van der Waals surface area contributed by atoms with Gasteiger partial charge >= 0.3 is 0 Å². The van der Waals surface area contributed by atoms with Crippen LogP contribution in [0.5, 0.6) is 0 Å². The highest BCUT2D eigenvalue weighted by Crippen LogP contribution is 2.23. The molecular formula is C10H14ClN. The Morgan fingerprint density at radius 1 is 1.50 bits per heavy atom. The highest BCUT2D eigenvalue weighted by Gasteiger charge is 2.06. The fourth-order valence-electron chi connectivity index (χ4n) is 1.09. The van der Waals surface area contributed by atoms with Crippen molar-refractivity contribution in [1.29, 1.82) is 0 Å². The van der Waals surface area contributed by atoms with Crippen LogP contribution >= 0.6 is 11.6 Å². The first-order valence-electron chi connectivity index (χ1n) is 4.39. The normalized spacial score (nSPS) is 12.8. The van der Waals surface area contributed by atoms with E-state index in [0.717, 1.165) is 12.1 Å². The summed E-state index contributed by atoms with van der Waals surface area (Å²) in [6.07, 6.45) is 5.17. The van der Waals surface area contributed by atoms with Gasteiger partial charge in [0.2, 0.25) is 0 Å². The average molecular weight is 184 g/mol. The lowest BCUT2D eigenvalue weighted by molar-refractivity contribution is 0.690. The Kier molecular flexibility index (Phi) is 4.09. The number of halogens is 1.